The molecular formula is C16H20FN3O4. The monoisotopic (exact) mass is 337 g/mol. The number of aromatic nitrogens is 2. The number of carbonyl (C=O) groups is 2. The van der Waals surface area contributed by atoms with Crippen LogP contribution in [0, 0.1) is 12.7 Å². The molecular weight excluding hydrogens is 317 g/mol. The number of amides is 1. The normalized spacial score (nSPS) is 11.4. The molecule has 1 N–H and O–H groups in total. The molecule has 0 fully saturated rings. The highest BCUT2D eigenvalue weighted by molar-refractivity contribution is 5.99. The van der Waals surface area contributed by atoms with E-state index in [1.807, 2.05) is 0 Å². The molecule has 2 rings (SSSR count). The number of halogens is 1. The number of ether oxygens (including phenoxy) is 2. The van der Waals surface area contributed by atoms with Gasteiger partial charge in [-0.15, -0.1) is 0 Å². The van der Waals surface area contributed by atoms with E-state index in [9.17, 15) is 14.0 Å². The molecule has 130 valence electrons. The number of anilines is 1. The summed E-state index contributed by atoms with van der Waals surface area (Å²) in [5.41, 5.74) is 0.139. The van der Waals surface area contributed by atoms with Crippen molar-refractivity contribution >= 4 is 23.3 Å². The van der Waals surface area contributed by atoms with E-state index < -0.39 is 23.5 Å². The van der Waals surface area contributed by atoms with E-state index in [4.69, 9.17) is 9.47 Å². The van der Waals surface area contributed by atoms with Crippen LogP contribution in [0.1, 0.15) is 43.7 Å². The number of fused-ring (bicyclic) bond motifs is 1. The lowest BCUT2D eigenvalue weighted by Crippen LogP contribution is -2.27. The van der Waals surface area contributed by atoms with Gasteiger partial charge in [0.15, 0.2) is 5.82 Å². The Morgan fingerprint density at radius 3 is 2.62 bits per heavy atom. The fraction of sp³-hybridized carbons (Fsp3) is 0.438. The number of hydrogen-bond acceptors (Lipinski definition) is 5. The van der Waals surface area contributed by atoms with E-state index in [1.165, 1.54) is 10.6 Å². The first-order valence-corrected chi connectivity index (χ1v) is 7.48. The minimum Gasteiger partial charge on any atom is -0.462 e. The van der Waals surface area contributed by atoms with Crippen LogP contribution in [-0.2, 0) is 9.47 Å². The lowest BCUT2D eigenvalue weighted by molar-refractivity contribution is 0.0527. The zero-order valence-electron chi connectivity index (χ0n) is 14.3. The minimum absolute atomic E-state index is 0.109. The van der Waals surface area contributed by atoms with Gasteiger partial charge in [-0.2, -0.15) is 5.10 Å². The number of hydrogen-bond donors (Lipinski definition) is 1. The van der Waals surface area contributed by atoms with Gasteiger partial charge in [0.05, 0.1) is 29.7 Å². The molecule has 8 heteroatoms. The van der Waals surface area contributed by atoms with Crippen molar-refractivity contribution in [2.24, 2.45) is 0 Å². The second kappa shape index (κ2) is 6.46. The molecule has 0 bridgehead atoms. The van der Waals surface area contributed by atoms with E-state index in [0.29, 0.717) is 11.2 Å². The fourth-order valence-corrected chi connectivity index (χ4v) is 2.15. The van der Waals surface area contributed by atoms with Crippen LogP contribution < -0.4 is 5.32 Å². The SMILES string of the molecule is CCOC(=O)c1c(C)nn2cc(F)c(NC(=O)OC(C)(C)C)cc12. The number of nitrogens with one attached hydrogen (secondary N) is 1. The molecule has 0 aromatic carbocycles. The van der Waals surface area contributed by atoms with Gasteiger partial charge in [-0.25, -0.2) is 18.5 Å². The van der Waals surface area contributed by atoms with E-state index in [-0.39, 0.29) is 17.9 Å². The number of aryl methyl sites for hydroxylation is 1. The number of esters is 1. The summed E-state index contributed by atoms with van der Waals surface area (Å²) >= 11 is 0. The molecule has 2 aromatic heterocycles. The number of rotatable bonds is 3. The molecule has 0 saturated carbocycles. The second-order valence-electron chi connectivity index (χ2n) is 6.17. The Bertz CT molecular complexity index is 793. The highest BCUT2D eigenvalue weighted by Gasteiger charge is 2.22. The molecule has 0 unspecified atom stereocenters. The highest BCUT2D eigenvalue weighted by atomic mass is 19.1. The van der Waals surface area contributed by atoms with Crippen LogP contribution in [0.3, 0.4) is 0 Å². The van der Waals surface area contributed by atoms with E-state index in [2.05, 4.69) is 10.4 Å². The maximum Gasteiger partial charge on any atom is 0.412 e. The van der Waals surface area contributed by atoms with Crippen LogP contribution in [0.25, 0.3) is 5.52 Å². The topological polar surface area (TPSA) is 81.9 Å². The molecule has 0 aliphatic heterocycles. The molecule has 1 amide bonds. The third-order valence-electron chi connectivity index (χ3n) is 3.01. The van der Waals surface area contributed by atoms with Crippen LogP contribution in [0.2, 0.25) is 0 Å². The van der Waals surface area contributed by atoms with Gasteiger partial charge in [0.1, 0.15) is 11.2 Å². The maximum absolute atomic E-state index is 14.2. The second-order valence-corrected chi connectivity index (χ2v) is 6.17. The highest BCUT2D eigenvalue weighted by Crippen LogP contribution is 2.23. The zero-order valence-corrected chi connectivity index (χ0v) is 14.3. The predicted molar refractivity (Wildman–Crippen MR) is 85.7 cm³/mol. The summed E-state index contributed by atoms with van der Waals surface area (Å²) in [7, 11) is 0. The van der Waals surface area contributed by atoms with E-state index in [0.717, 1.165) is 6.20 Å². The molecule has 24 heavy (non-hydrogen) atoms. The summed E-state index contributed by atoms with van der Waals surface area (Å²) in [4.78, 5) is 23.9. The van der Waals surface area contributed by atoms with Gasteiger partial charge in [-0.3, -0.25) is 5.32 Å². The third-order valence-corrected chi connectivity index (χ3v) is 3.01. The first-order chi connectivity index (χ1) is 11.1. The maximum atomic E-state index is 14.2. The number of carbonyl (C=O) groups excluding carboxylic acids is 2. The molecule has 0 radical (unpaired) electrons. The van der Waals surface area contributed by atoms with Crippen molar-refractivity contribution in [3.8, 4) is 0 Å². The molecule has 0 aliphatic carbocycles. The molecule has 0 spiro atoms. The first kappa shape index (κ1) is 17.7. The van der Waals surface area contributed by atoms with Crippen LogP contribution in [-0.4, -0.2) is 33.9 Å². The van der Waals surface area contributed by atoms with Gasteiger partial charge in [0, 0.05) is 0 Å². The quantitative estimate of drug-likeness (QED) is 0.869. The average molecular weight is 337 g/mol. The Balaban J connectivity index is 2.42. The largest absolute Gasteiger partial charge is 0.462 e. The van der Waals surface area contributed by atoms with Crippen molar-refractivity contribution in [1.82, 2.24) is 9.61 Å². The predicted octanol–water partition coefficient (Wildman–Crippen LogP) is 3.31. The zero-order chi connectivity index (χ0) is 18.1. The summed E-state index contributed by atoms with van der Waals surface area (Å²) in [5.74, 6) is -1.26. The van der Waals surface area contributed by atoms with E-state index in [1.54, 1.807) is 34.6 Å². The lowest BCUT2D eigenvalue weighted by atomic mass is 10.2. The molecule has 2 heterocycles. The van der Waals surface area contributed by atoms with Gasteiger partial charge < -0.3 is 9.47 Å². The summed E-state index contributed by atoms with van der Waals surface area (Å²) < 4.78 is 25.5. The van der Waals surface area contributed by atoms with Crippen molar-refractivity contribution in [1.29, 1.82) is 0 Å². The Morgan fingerprint density at radius 2 is 2.04 bits per heavy atom. The fourth-order valence-electron chi connectivity index (χ4n) is 2.15. The third kappa shape index (κ3) is 3.81. The Labute approximate surface area is 138 Å². The van der Waals surface area contributed by atoms with Gasteiger partial charge >= 0.3 is 12.1 Å². The molecule has 2 aromatic rings. The molecule has 0 saturated heterocycles. The Morgan fingerprint density at radius 1 is 1.38 bits per heavy atom. The average Bonchev–Trinajstić information content (AvgIpc) is 2.72. The van der Waals surface area contributed by atoms with Crippen molar-refractivity contribution in [3.63, 3.8) is 0 Å². The van der Waals surface area contributed by atoms with Crippen molar-refractivity contribution in [3.05, 3.63) is 29.3 Å². The van der Waals surface area contributed by atoms with Crippen molar-refractivity contribution in [2.45, 2.75) is 40.2 Å². The molecule has 0 aliphatic rings. The summed E-state index contributed by atoms with van der Waals surface area (Å²) in [6.45, 7) is 8.62. The summed E-state index contributed by atoms with van der Waals surface area (Å²) in [6, 6.07) is 1.32. The smallest absolute Gasteiger partial charge is 0.412 e. The van der Waals surface area contributed by atoms with Crippen LogP contribution in [0.5, 0.6) is 0 Å². The Kier molecular flexibility index (Phi) is 4.77. The van der Waals surface area contributed by atoms with Crippen LogP contribution in [0.15, 0.2) is 12.3 Å². The summed E-state index contributed by atoms with van der Waals surface area (Å²) in [5, 5.41) is 6.43. The van der Waals surface area contributed by atoms with Crippen molar-refractivity contribution in [2.75, 3.05) is 11.9 Å². The van der Waals surface area contributed by atoms with Gasteiger partial charge in [0.25, 0.3) is 0 Å². The van der Waals surface area contributed by atoms with Crippen LogP contribution in [0.4, 0.5) is 14.9 Å². The molecule has 0 atom stereocenters. The minimum atomic E-state index is -0.792. The van der Waals surface area contributed by atoms with Gasteiger partial charge in [-0.05, 0) is 40.7 Å². The van der Waals surface area contributed by atoms with Crippen molar-refractivity contribution < 1.29 is 23.5 Å². The van der Waals surface area contributed by atoms with E-state index >= 15 is 0 Å². The standard InChI is InChI=1S/C16H20FN3O4/c1-6-23-14(21)13-9(2)19-20-8-10(17)11(7-12(13)20)18-15(22)24-16(3,4)5/h7-8H,6H2,1-5H3,(H,18,22). The molecule has 7 nitrogen and oxygen atoms in total. The summed E-state index contributed by atoms with van der Waals surface area (Å²) in [6.07, 6.45) is 0.289. The lowest BCUT2D eigenvalue weighted by Gasteiger charge is -2.19. The van der Waals surface area contributed by atoms with Gasteiger partial charge in [0.2, 0.25) is 0 Å². The number of pyridine rings is 1. The van der Waals surface area contributed by atoms with Crippen LogP contribution >= 0.6 is 0 Å². The van der Waals surface area contributed by atoms with Gasteiger partial charge in [-0.1, -0.05) is 0 Å². The number of nitrogens with zero attached hydrogens (tertiary/aromatic N) is 2. The first-order valence-electron chi connectivity index (χ1n) is 7.48. The Hall–Kier alpha value is -2.64.